The highest BCUT2D eigenvalue weighted by Gasteiger charge is 2.09. The summed E-state index contributed by atoms with van der Waals surface area (Å²) in [6.07, 6.45) is 1.55. The number of aromatic nitrogens is 1. The molecule has 5 nitrogen and oxygen atoms in total. The third kappa shape index (κ3) is 5.25. The Labute approximate surface area is 186 Å². The van der Waals surface area contributed by atoms with Crippen LogP contribution in [0.4, 0.5) is 5.69 Å². The zero-order chi connectivity index (χ0) is 21.8. The zero-order valence-electron chi connectivity index (χ0n) is 17.4. The number of aryl methyl sites for hydroxylation is 2. The summed E-state index contributed by atoms with van der Waals surface area (Å²) in [6, 6.07) is 19.0. The molecule has 0 aliphatic carbocycles. The Kier molecular flexibility index (Phi) is 6.23. The quantitative estimate of drug-likeness (QED) is 0.389. The number of amides is 1. The van der Waals surface area contributed by atoms with Gasteiger partial charge in [-0.05, 0) is 72.5 Å². The number of hydrogen-bond acceptors (Lipinski definition) is 4. The molecule has 0 aliphatic heterocycles. The normalized spacial score (nSPS) is 10.9. The number of nitrogens with zero attached hydrogens (tertiary/aromatic N) is 1. The Morgan fingerprint density at radius 2 is 1.84 bits per heavy atom. The number of fused-ring (bicyclic) bond motifs is 1. The molecule has 1 amide bonds. The molecule has 0 atom stereocenters. The minimum atomic E-state index is -0.231. The fraction of sp³-hybridized carbons (Fsp3) is 0.200. The van der Waals surface area contributed by atoms with E-state index in [-0.39, 0.29) is 12.5 Å². The monoisotopic (exact) mass is 434 g/mol. The van der Waals surface area contributed by atoms with E-state index in [1.807, 2.05) is 37.3 Å². The number of ether oxygens (including phenoxy) is 1. The molecule has 0 bridgehead atoms. The van der Waals surface area contributed by atoms with Crippen molar-refractivity contribution in [2.24, 2.45) is 0 Å². The molecule has 4 aromatic rings. The van der Waals surface area contributed by atoms with Gasteiger partial charge in [-0.2, -0.15) is 0 Å². The number of anilines is 1. The van der Waals surface area contributed by atoms with Crippen LogP contribution in [0.2, 0.25) is 5.02 Å². The van der Waals surface area contributed by atoms with Crippen LogP contribution in [0.5, 0.6) is 5.75 Å². The van der Waals surface area contributed by atoms with E-state index >= 15 is 0 Å². The van der Waals surface area contributed by atoms with Gasteiger partial charge in [0, 0.05) is 17.1 Å². The Balaban J connectivity index is 1.33. The van der Waals surface area contributed by atoms with Crippen molar-refractivity contribution in [2.75, 3.05) is 11.9 Å². The standard InChI is InChI=1S/C25H23ClN2O3/c1-3-17-6-11-23-22(13-17)28-25(31-23)14-18-4-7-19(8-5-18)27-24(29)15-30-20-9-10-21(26)16(2)12-20/h4-13H,3,14-15H2,1-2H3,(H,27,29). The van der Waals surface area contributed by atoms with Gasteiger partial charge in [0.1, 0.15) is 11.3 Å². The van der Waals surface area contributed by atoms with Crippen molar-refractivity contribution in [1.29, 1.82) is 0 Å². The molecule has 1 aromatic heterocycles. The second kappa shape index (κ2) is 9.23. The van der Waals surface area contributed by atoms with Gasteiger partial charge in [-0.15, -0.1) is 0 Å². The van der Waals surface area contributed by atoms with E-state index in [0.29, 0.717) is 28.8 Å². The van der Waals surface area contributed by atoms with Crippen LogP contribution in [-0.4, -0.2) is 17.5 Å². The molecule has 31 heavy (non-hydrogen) atoms. The average molecular weight is 435 g/mol. The number of rotatable bonds is 7. The molecule has 6 heteroatoms. The van der Waals surface area contributed by atoms with Gasteiger partial charge in [0.05, 0.1) is 0 Å². The fourth-order valence-electron chi connectivity index (χ4n) is 3.25. The number of oxazole rings is 1. The van der Waals surface area contributed by atoms with E-state index in [2.05, 4.69) is 29.4 Å². The largest absolute Gasteiger partial charge is 0.484 e. The topological polar surface area (TPSA) is 64.4 Å². The van der Waals surface area contributed by atoms with Gasteiger partial charge in [-0.25, -0.2) is 4.98 Å². The highest BCUT2D eigenvalue weighted by Crippen LogP contribution is 2.22. The van der Waals surface area contributed by atoms with Crippen molar-refractivity contribution in [3.05, 3.63) is 88.3 Å². The maximum Gasteiger partial charge on any atom is 0.262 e. The van der Waals surface area contributed by atoms with Crippen molar-refractivity contribution >= 4 is 34.3 Å². The summed E-state index contributed by atoms with van der Waals surface area (Å²) in [5.74, 6) is 1.05. The van der Waals surface area contributed by atoms with Gasteiger partial charge in [0.15, 0.2) is 18.1 Å². The molecule has 158 valence electrons. The number of hydrogen-bond donors (Lipinski definition) is 1. The first-order chi connectivity index (χ1) is 15.0. The van der Waals surface area contributed by atoms with Gasteiger partial charge < -0.3 is 14.5 Å². The van der Waals surface area contributed by atoms with E-state index in [0.717, 1.165) is 28.6 Å². The summed E-state index contributed by atoms with van der Waals surface area (Å²) in [5, 5.41) is 3.50. The van der Waals surface area contributed by atoms with Gasteiger partial charge in [-0.3, -0.25) is 4.79 Å². The SMILES string of the molecule is CCc1ccc2oc(Cc3ccc(NC(=O)COc4ccc(Cl)c(C)c4)cc3)nc2c1. The summed E-state index contributed by atoms with van der Waals surface area (Å²) in [5.41, 5.74) is 5.58. The van der Waals surface area contributed by atoms with E-state index < -0.39 is 0 Å². The fourth-order valence-corrected chi connectivity index (χ4v) is 3.37. The molecule has 0 aliphatic rings. The van der Waals surface area contributed by atoms with Crippen LogP contribution in [0.1, 0.15) is 29.5 Å². The summed E-state index contributed by atoms with van der Waals surface area (Å²) in [7, 11) is 0. The van der Waals surface area contributed by atoms with Crippen LogP contribution in [0.15, 0.2) is 65.1 Å². The summed E-state index contributed by atoms with van der Waals surface area (Å²) < 4.78 is 11.4. The second-order valence-electron chi connectivity index (χ2n) is 7.38. The van der Waals surface area contributed by atoms with Gasteiger partial charge in [0.2, 0.25) is 0 Å². The number of nitrogens with one attached hydrogen (secondary N) is 1. The third-order valence-electron chi connectivity index (χ3n) is 5.00. The molecular weight excluding hydrogens is 412 g/mol. The van der Waals surface area contributed by atoms with Crippen LogP contribution < -0.4 is 10.1 Å². The number of benzene rings is 3. The van der Waals surface area contributed by atoms with Crippen LogP contribution in [0, 0.1) is 6.92 Å². The van der Waals surface area contributed by atoms with Crippen molar-refractivity contribution in [1.82, 2.24) is 4.98 Å². The zero-order valence-corrected chi connectivity index (χ0v) is 18.2. The van der Waals surface area contributed by atoms with Gasteiger partial charge in [-0.1, -0.05) is 36.7 Å². The van der Waals surface area contributed by atoms with E-state index in [4.69, 9.17) is 20.8 Å². The van der Waals surface area contributed by atoms with E-state index in [9.17, 15) is 4.79 Å². The lowest BCUT2D eigenvalue weighted by Gasteiger charge is -2.09. The number of halogens is 1. The third-order valence-corrected chi connectivity index (χ3v) is 5.42. The average Bonchev–Trinajstić information content (AvgIpc) is 3.17. The first-order valence-electron chi connectivity index (χ1n) is 10.2. The highest BCUT2D eigenvalue weighted by atomic mass is 35.5. The number of carbonyl (C=O) groups is 1. The van der Waals surface area contributed by atoms with Crippen LogP contribution in [-0.2, 0) is 17.6 Å². The molecule has 4 rings (SSSR count). The predicted molar refractivity (Wildman–Crippen MR) is 123 cm³/mol. The lowest BCUT2D eigenvalue weighted by Crippen LogP contribution is -2.20. The van der Waals surface area contributed by atoms with Crippen LogP contribution in [0.3, 0.4) is 0 Å². The van der Waals surface area contributed by atoms with Crippen molar-refractivity contribution in [2.45, 2.75) is 26.7 Å². The maximum absolute atomic E-state index is 12.2. The van der Waals surface area contributed by atoms with Crippen molar-refractivity contribution < 1.29 is 13.9 Å². The second-order valence-corrected chi connectivity index (χ2v) is 7.79. The highest BCUT2D eigenvalue weighted by molar-refractivity contribution is 6.31. The Bertz CT molecular complexity index is 1220. The first-order valence-corrected chi connectivity index (χ1v) is 10.5. The molecule has 1 N–H and O–H groups in total. The predicted octanol–water partition coefficient (Wildman–Crippen LogP) is 5.96. The van der Waals surface area contributed by atoms with E-state index in [1.165, 1.54) is 5.56 Å². The minimum Gasteiger partial charge on any atom is -0.484 e. The maximum atomic E-state index is 12.2. The molecular formula is C25H23ClN2O3. The summed E-state index contributed by atoms with van der Waals surface area (Å²) in [4.78, 5) is 16.8. The van der Waals surface area contributed by atoms with Crippen LogP contribution in [0.25, 0.3) is 11.1 Å². The Hall–Kier alpha value is -3.31. The Morgan fingerprint density at radius 1 is 1.06 bits per heavy atom. The molecule has 0 unspecified atom stereocenters. The Morgan fingerprint density at radius 3 is 2.58 bits per heavy atom. The lowest BCUT2D eigenvalue weighted by atomic mass is 10.1. The molecule has 0 spiro atoms. The van der Waals surface area contributed by atoms with E-state index in [1.54, 1.807) is 18.2 Å². The lowest BCUT2D eigenvalue weighted by molar-refractivity contribution is -0.118. The number of carbonyl (C=O) groups excluding carboxylic acids is 1. The summed E-state index contributed by atoms with van der Waals surface area (Å²) >= 11 is 6.00. The van der Waals surface area contributed by atoms with Crippen molar-refractivity contribution in [3.8, 4) is 5.75 Å². The van der Waals surface area contributed by atoms with Gasteiger partial charge >= 0.3 is 0 Å². The molecule has 0 fully saturated rings. The molecule has 1 heterocycles. The summed E-state index contributed by atoms with van der Waals surface area (Å²) in [6.45, 7) is 3.93. The molecule has 0 saturated carbocycles. The van der Waals surface area contributed by atoms with Crippen LogP contribution >= 0.6 is 11.6 Å². The van der Waals surface area contributed by atoms with Gasteiger partial charge in [0.25, 0.3) is 5.91 Å². The minimum absolute atomic E-state index is 0.0779. The molecule has 0 radical (unpaired) electrons. The van der Waals surface area contributed by atoms with Crippen molar-refractivity contribution in [3.63, 3.8) is 0 Å². The molecule has 0 saturated heterocycles. The molecule has 3 aromatic carbocycles. The smallest absolute Gasteiger partial charge is 0.262 e. The first kappa shape index (κ1) is 20.9.